The normalized spacial score (nSPS) is 10.3. The third kappa shape index (κ3) is 5.32. The van der Waals surface area contributed by atoms with Crippen LogP contribution >= 0.6 is 23.2 Å². The Morgan fingerprint density at radius 2 is 1.91 bits per heavy atom. The summed E-state index contributed by atoms with van der Waals surface area (Å²) in [6, 6.07) is 13.1. The summed E-state index contributed by atoms with van der Waals surface area (Å²) in [4.78, 5) is 0. The Bertz CT molecular complexity index is 605. The first-order valence-corrected chi connectivity index (χ1v) is 7.90. The second kappa shape index (κ2) is 8.76. The van der Waals surface area contributed by atoms with Crippen molar-refractivity contribution in [2.24, 2.45) is 0 Å². The van der Waals surface area contributed by atoms with Crippen molar-refractivity contribution in [1.29, 1.82) is 0 Å². The summed E-state index contributed by atoms with van der Waals surface area (Å²) in [5.74, 6) is 1.53. The summed E-state index contributed by atoms with van der Waals surface area (Å²) in [5, 5.41) is 4.51. The zero-order valence-corrected chi connectivity index (χ0v) is 14.0. The van der Waals surface area contributed by atoms with Crippen molar-refractivity contribution in [2.45, 2.75) is 12.8 Å². The third-order valence-electron chi connectivity index (χ3n) is 3.12. The first kappa shape index (κ1) is 16.8. The molecular weight excluding hydrogens is 321 g/mol. The van der Waals surface area contributed by atoms with E-state index in [4.69, 9.17) is 32.7 Å². The predicted molar refractivity (Wildman–Crippen MR) is 92.7 cm³/mol. The Kier molecular flexibility index (Phi) is 6.69. The minimum Gasteiger partial charge on any atom is -0.497 e. The maximum absolute atomic E-state index is 6.04. The Labute approximate surface area is 141 Å². The summed E-state index contributed by atoms with van der Waals surface area (Å²) in [6.07, 6.45) is 1.94. The van der Waals surface area contributed by atoms with Crippen LogP contribution in [0.2, 0.25) is 10.0 Å². The SMILES string of the molecule is COc1cccc(NCCCCOc2ccc(Cl)cc2Cl)c1. The molecule has 0 bridgehead atoms. The van der Waals surface area contributed by atoms with E-state index in [-0.39, 0.29) is 0 Å². The van der Waals surface area contributed by atoms with E-state index in [0.717, 1.165) is 30.8 Å². The first-order valence-electron chi connectivity index (χ1n) is 7.15. The molecule has 0 aliphatic heterocycles. The van der Waals surface area contributed by atoms with Crippen LogP contribution < -0.4 is 14.8 Å². The minimum atomic E-state index is 0.544. The Balaban J connectivity index is 1.65. The highest BCUT2D eigenvalue weighted by Crippen LogP contribution is 2.27. The number of rotatable bonds is 8. The summed E-state index contributed by atoms with van der Waals surface area (Å²) in [6.45, 7) is 1.51. The third-order valence-corrected chi connectivity index (χ3v) is 3.65. The Morgan fingerprint density at radius 3 is 2.68 bits per heavy atom. The molecule has 0 aliphatic carbocycles. The summed E-state index contributed by atoms with van der Waals surface area (Å²) >= 11 is 11.9. The lowest BCUT2D eigenvalue weighted by Gasteiger charge is -2.10. The molecule has 22 heavy (non-hydrogen) atoms. The molecule has 3 nitrogen and oxygen atoms in total. The summed E-state index contributed by atoms with van der Waals surface area (Å²) in [7, 11) is 1.67. The van der Waals surface area contributed by atoms with Gasteiger partial charge in [0.15, 0.2) is 0 Å². The molecule has 2 rings (SSSR count). The van der Waals surface area contributed by atoms with Crippen LogP contribution in [0.4, 0.5) is 5.69 Å². The molecule has 5 heteroatoms. The van der Waals surface area contributed by atoms with Crippen molar-refractivity contribution >= 4 is 28.9 Å². The highest BCUT2D eigenvalue weighted by Gasteiger charge is 2.02. The van der Waals surface area contributed by atoms with E-state index in [9.17, 15) is 0 Å². The van der Waals surface area contributed by atoms with Gasteiger partial charge in [0.2, 0.25) is 0 Å². The molecule has 0 spiro atoms. The Morgan fingerprint density at radius 1 is 1.05 bits per heavy atom. The highest BCUT2D eigenvalue weighted by molar-refractivity contribution is 6.35. The molecule has 2 aromatic rings. The zero-order chi connectivity index (χ0) is 15.8. The lowest BCUT2D eigenvalue weighted by Crippen LogP contribution is -2.05. The van der Waals surface area contributed by atoms with E-state index in [1.165, 1.54) is 0 Å². The molecule has 0 aromatic heterocycles. The number of hydrogen-bond acceptors (Lipinski definition) is 3. The molecular formula is C17H19Cl2NO2. The van der Waals surface area contributed by atoms with Gasteiger partial charge in [0.25, 0.3) is 0 Å². The fourth-order valence-corrected chi connectivity index (χ4v) is 2.43. The van der Waals surface area contributed by atoms with Crippen LogP contribution in [0.3, 0.4) is 0 Å². The van der Waals surface area contributed by atoms with Gasteiger partial charge in [-0.05, 0) is 43.2 Å². The number of unbranched alkanes of at least 4 members (excludes halogenated alkanes) is 1. The molecule has 0 aliphatic rings. The lowest BCUT2D eigenvalue weighted by atomic mass is 10.2. The predicted octanol–water partition coefficient (Wildman–Crippen LogP) is 5.27. The van der Waals surface area contributed by atoms with Crippen molar-refractivity contribution in [3.05, 3.63) is 52.5 Å². The number of hydrogen-bond donors (Lipinski definition) is 1. The largest absolute Gasteiger partial charge is 0.497 e. The van der Waals surface area contributed by atoms with Gasteiger partial charge in [-0.25, -0.2) is 0 Å². The Hall–Kier alpha value is -1.58. The number of ether oxygens (including phenoxy) is 2. The van der Waals surface area contributed by atoms with Gasteiger partial charge in [-0.2, -0.15) is 0 Å². The van der Waals surface area contributed by atoms with E-state index in [1.54, 1.807) is 25.3 Å². The quantitative estimate of drug-likeness (QED) is 0.664. The monoisotopic (exact) mass is 339 g/mol. The van der Waals surface area contributed by atoms with Crippen LogP contribution in [0.1, 0.15) is 12.8 Å². The minimum absolute atomic E-state index is 0.544. The average Bonchev–Trinajstić information content (AvgIpc) is 2.52. The van der Waals surface area contributed by atoms with Crippen molar-refractivity contribution in [2.75, 3.05) is 25.6 Å². The van der Waals surface area contributed by atoms with Gasteiger partial charge < -0.3 is 14.8 Å². The van der Waals surface area contributed by atoms with Crippen LogP contribution in [0.15, 0.2) is 42.5 Å². The maximum atomic E-state index is 6.04. The van der Waals surface area contributed by atoms with Gasteiger partial charge in [-0.1, -0.05) is 29.3 Å². The molecule has 1 N–H and O–H groups in total. The average molecular weight is 340 g/mol. The topological polar surface area (TPSA) is 30.5 Å². The van der Waals surface area contributed by atoms with Crippen molar-refractivity contribution in [3.63, 3.8) is 0 Å². The smallest absolute Gasteiger partial charge is 0.137 e. The van der Waals surface area contributed by atoms with Gasteiger partial charge in [-0.15, -0.1) is 0 Å². The molecule has 118 valence electrons. The van der Waals surface area contributed by atoms with Gasteiger partial charge in [0.05, 0.1) is 18.7 Å². The molecule has 0 saturated heterocycles. The molecule has 0 fully saturated rings. The standard InChI is InChI=1S/C17H19Cl2NO2/c1-21-15-6-4-5-14(12-15)20-9-2-3-10-22-17-8-7-13(18)11-16(17)19/h4-8,11-12,20H,2-3,9-10H2,1H3. The van der Waals surface area contributed by atoms with Gasteiger partial charge in [0.1, 0.15) is 11.5 Å². The van der Waals surface area contributed by atoms with Crippen LogP contribution in [0.5, 0.6) is 11.5 Å². The van der Waals surface area contributed by atoms with Crippen molar-refractivity contribution < 1.29 is 9.47 Å². The fourth-order valence-electron chi connectivity index (χ4n) is 1.97. The zero-order valence-electron chi connectivity index (χ0n) is 12.4. The van der Waals surface area contributed by atoms with E-state index < -0.39 is 0 Å². The van der Waals surface area contributed by atoms with Crippen LogP contribution in [-0.2, 0) is 0 Å². The van der Waals surface area contributed by atoms with Crippen molar-refractivity contribution in [1.82, 2.24) is 0 Å². The number of anilines is 1. The second-order valence-electron chi connectivity index (χ2n) is 4.79. The van der Waals surface area contributed by atoms with E-state index in [2.05, 4.69) is 5.32 Å². The van der Waals surface area contributed by atoms with Gasteiger partial charge in [-0.3, -0.25) is 0 Å². The van der Waals surface area contributed by atoms with Crippen LogP contribution in [0, 0.1) is 0 Å². The van der Waals surface area contributed by atoms with Crippen LogP contribution in [0.25, 0.3) is 0 Å². The van der Waals surface area contributed by atoms with Gasteiger partial charge in [0, 0.05) is 23.3 Å². The molecule has 0 heterocycles. The van der Waals surface area contributed by atoms with Gasteiger partial charge >= 0.3 is 0 Å². The summed E-state index contributed by atoms with van der Waals surface area (Å²) in [5.41, 5.74) is 1.06. The van der Waals surface area contributed by atoms with Crippen molar-refractivity contribution in [3.8, 4) is 11.5 Å². The van der Waals surface area contributed by atoms with E-state index in [1.807, 2.05) is 24.3 Å². The molecule has 2 aromatic carbocycles. The number of halogens is 2. The van der Waals surface area contributed by atoms with E-state index >= 15 is 0 Å². The van der Waals surface area contributed by atoms with Crippen LogP contribution in [-0.4, -0.2) is 20.3 Å². The number of methoxy groups -OCH3 is 1. The molecule has 0 radical (unpaired) electrons. The maximum Gasteiger partial charge on any atom is 0.137 e. The van der Waals surface area contributed by atoms with E-state index in [0.29, 0.717) is 22.4 Å². The number of benzene rings is 2. The molecule has 0 saturated carbocycles. The second-order valence-corrected chi connectivity index (χ2v) is 5.63. The lowest BCUT2D eigenvalue weighted by molar-refractivity contribution is 0.308. The summed E-state index contributed by atoms with van der Waals surface area (Å²) < 4.78 is 10.8. The fraction of sp³-hybridized carbons (Fsp3) is 0.294. The highest BCUT2D eigenvalue weighted by atomic mass is 35.5. The molecule has 0 unspecified atom stereocenters. The molecule has 0 amide bonds. The molecule has 0 atom stereocenters. The first-order chi connectivity index (χ1) is 10.7. The number of nitrogens with one attached hydrogen (secondary N) is 1.